The van der Waals surface area contributed by atoms with Gasteiger partial charge in [-0.05, 0) is 25.1 Å². The standard InChI is InChI=1S/C23H28N6O3/c1-15-13-24-9-10-29(15)21-6-5-16(14-26-21)18-7-8-25-23(28-18)27-17-11-19(30-2)22(32-4)20(12-17)31-3/h5-8,11-12,14-15,24H,9-10,13H2,1-4H3,(H,25,27,28). The molecule has 0 saturated carbocycles. The molecule has 0 spiro atoms. The second-order valence-corrected chi connectivity index (χ2v) is 7.46. The van der Waals surface area contributed by atoms with Crippen molar-refractivity contribution >= 4 is 17.5 Å². The van der Waals surface area contributed by atoms with Gasteiger partial charge in [-0.3, -0.25) is 0 Å². The van der Waals surface area contributed by atoms with E-state index in [1.165, 1.54) is 0 Å². The lowest BCUT2D eigenvalue weighted by Crippen LogP contribution is -2.50. The molecule has 9 nitrogen and oxygen atoms in total. The fourth-order valence-electron chi connectivity index (χ4n) is 3.75. The van der Waals surface area contributed by atoms with E-state index < -0.39 is 0 Å². The van der Waals surface area contributed by atoms with E-state index in [9.17, 15) is 0 Å². The summed E-state index contributed by atoms with van der Waals surface area (Å²) in [4.78, 5) is 16.0. The third-order valence-corrected chi connectivity index (χ3v) is 5.42. The smallest absolute Gasteiger partial charge is 0.227 e. The molecule has 0 bridgehead atoms. The topological polar surface area (TPSA) is 93.7 Å². The van der Waals surface area contributed by atoms with E-state index in [0.29, 0.717) is 29.2 Å². The van der Waals surface area contributed by atoms with Crippen molar-refractivity contribution in [3.63, 3.8) is 0 Å². The van der Waals surface area contributed by atoms with Gasteiger partial charge in [0.15, 0.2) is 11.5 Å². The summed E-state index contributed by atoms with van der Waals surface area (Å²) in [6, 6.07) is 9.99. The number of hydrogen-bond acceptors (Lipinski definition) is 9. The Bertz CT molecular complexity index is 1030. The van der Waals surface area contributed by atoms with Crippen LogP contribution >= 0.6 is 0 Å². The lowest BCUT2D eigenvalue weighted by Gasteiger charge is -2.34. The number of ether oxygens (including phenoxy) is 3. The second-order valence-electron chi connectivity index (χ2n) is 7.46. The SMILES string of the molecule is COc1cc(Nc2nccc(-c3ccc(N4CCNCC4C)nc3)n2)cc(OC)c1OC. The van der Waals surface area contributed by atoms with Gasteiger partial charge in [0, 0.05) is 61.5 Å². The highest BCUT2D eigenvalue weighted by atomic mass is 16.5. The third kappa shape index (κ3) is 4.52. The predicted octanol–water partition coefficient (Wildman–Crippen LogP) is 3.11. The third-order valence-electron chi connectivity index (χ3n) is 5.42. The quantitative estimate of drug-likeness (QED) is 0.579. The minimum atomic E-state index is 0.412. The summed E-state index contributed by atoms with van der Waals surface area (Å²) in [6.07, 6.45) is 3.57. The van der Waals surface area contributed by atoms with Crippen LogP contribution < -0.4 is 29.7 Å². The number of benzene rings is 1. The molecule has 1 saturated heterocycles. The molecule has 2 N–H and O–H groups in total. The molecule has 0 amide bonds. The van der Waals surface area contributed by atoms with Gasteiger partial charge in [0.2, 0.25) is 11.7 Å². The molecule has 4 rings (SSSR count). The molecule has 1 aromatic carbocycles. The van der Waals surface area contributed by atoms with E-state index in [0.717, 1.165) is 42.4 Å². The Kier molecular flexibility index (Phi) is 6.55. The number of hydrogen-bond donors (Lipinski definition) is 2. The zero-order chi connectivity index (χ0) is 22.5. The van der Waals surface area contributed by atoms with Crippen molar-refractivity contribution in [2.45, 2.75) is 13.0 Å². The summed E-state index contributed by atoms with van der Waals surface area (Å²) in [7, 11) is 4.73. The number of anilines is 3. The van der Waals surface area contributed by atoms with Crippen molar-refractivity contribution in [1.29, 1.82) is 0 Å². The van der Waals surface area contributed by atoms with Crippen molar-refractivity contribution in [3.05, 3.63) is 42.7 Å². The van der Waals surface area contributed by atoms with E-state index in [4.69, 9.17) is 14.2 Å². The first kappa shape index (κ1) is 21.6. The van der Waals surface area contributed by atoms with Crippen molar-refractivity contribution < 1.29 is 14.2 Å². The minimum absolute atomic E-state index is 0.412. The molecule has 1 atom stereocenters. The van der Waals surface area contributed by atoms with Crippen molar-refractivity contribution in [2.75, 3.05) is 51.2 Å². The normalized spacial score (nSPS) is 15.9. The monoisotopic (exact) mass is 436 g/mol. The van der Waals surface area contributed by atoms with Crippen LogP contribution in [-0.2, 0) is 0 Å². The average Bonchev–Trinajstić information content (AvgIpc) is 2.84. The maximum Gasteiger partial charge on any atom is 0.227 e. The van der Waals surface area contributed by atoms with Crippen LogP contribution in [0.2, 0.25) is 0 Å². The summed E-state index contributed by atoms with van der Waals surface area (Å²) >= 11 is 0. The molecular weight excluding hydrogens is 408 g/mol. The van der Waals surface area contributed by atoms with Gasteiger partial charge < -0.3 is 29.7 Å². The first-order valence-electron chi connectivity index (χ1n) is 10.5. The Hall–Kier alpha value is -3.59. The van der Waals surface area contributed by atoms with Gasteiger partial charge in [-0.1, -0.05) is 0 Å². The minimum Gasteiger partial charge on any atom is -0.493 e. The number of pyridine rings is 1. The number of nitrogens with one attached hydrogen (secondary N) is 2. The zero-order valence-electron chi connectivity index (χ0n) is 18.8. The molecule has 1 aliphatic rings. The van der Waals surface area contributed by atoms with Gasteiger partial charge >= 0.3 is 0 Å². The Morgan fingerprint density at radius 3 is 2.44 bits per heavy atom. The first-order valence-corrected chi connectivity index (χ1v) is 10.5. The van der Waals surface area contributed by atoms with Crippen molar-refractivity contribution in [2.24, 2.45) is 0 Å². The number of piperazine rings is 1. The summed E-state index contributed by atoms with van der Waals surface area (Å²) in [6.45, 7) is 5.08. The van der Waals surface area contributed by atoms with E-state index in [1.807, 2.05) is 36.5 Å². The number of aromatic nitrogens is 3. The largest absolute Gasteiger partial charge is 0.493 e. The maximum absolute atomic E-state index is 5.42. The summed E-state index contributed by atoms with van der Waals surface area (Å²) in [5.74, 6) is 3.06. The van der Waals surface area contributed by atoms with Gasteiger partial charge in [0.25, 0.3) is 0 Å². The van der Waals surface area contributed by atoms with Crippen LogP contribution in [0.25, 0.3) is 11.3 Å². The molecule has 1 aliphatic heterocycles. The molecule has 9 heteroatoms. The zero-order valence-corrected chi connectivity index (χ0v) is 18.8. The molecule has 168 valence electrons. The van der Waals surface area contributed by atoms with Gasteiger partial charge in [-0.25, -0.2) is 15.0 Å². The fraction of sp³-hybridized carbons (Fsp3) is 0.348. The Labute approximate surface area is 187 Å². The second kappa shape index (κ2) is 9.69. The van der Waals surface area contributed by atoms with Gasteiger partial charge in [-0.15, -0.1) is 0 Å². The van der Waals surface area contributed by atoms with Crippen molar-refractivity contribution in [1.82, 2.24) is 20.3 Å². The Morgan fingerprint density at radius 1 is 1.03 bits per heavy atom. The highest BCUT2D eigenvalue weighted by Gasteiger charge is 2.19. The van der Waals surface area contributed by atoms with Crippen molar-refractivity contribution in [3.8, 4) is 28.5 Å². The van der Waals surface area contributed by atoms with Crippen LogP contribution in [0.15, 0.2) is 42.7 Å². The van der Waals surface area contributed by atoms with Crippen LogP contribution in [-0.4, -0.2) is 62.0 Å². The molecule has 2 aromatic heterocycles. The highest BCUT2D eigenvalue weighted by molar-refractivity contribution is 5.67. The lowest BCUT2D eigenvalue weighted by molar-refractivity contribution is 0.324. The van der Waals surface area contributed by atoms with E-state index in [2.05, 4.69) is 37.4 Å². The molecule has 1 fully saturated rings. The van der Waals surface area contributed by atoms with Gasteiger partial charge in [0.1, 0.15) is 5.82 Å². The molecule has 3 aromatic rings. The summed E-state index contributed by atoms with van der Waals surface area (Å²) < 4.78 is 16.2. The average molecular weight is 437 g/mol. The van der Waals surface area contributed by atoms with Crippen LogP contribution in [0, 0.1) is 0 Å². The molecule has 0 aliphatic carbocycles. The molecule has 1 unspecified atom stereocenters. The molecule has 0 radical (unpaired) electrons. The molecule has 32 heavy (non-hydrogen) atoms. The Morgan fingerprint density at radius 2 is 1.81 bits per heavy atom. The maximum atomic E-state index is 5.42. The molecular formula is C23H28N6O3. The van der Waals surface area contributed by atoms with Crippen LogP contribution in [0.5, 0.6) is 17.2 Å². The number of rotatable bonds is 7. The molecule has 3 heterocycles. The first-order chi connectivity index (χ1) is 15.6. The predicted molar refractivity (Wildman–Crippen MR) is 124 cm³/mol. The highest BCUT2D eigenvalue weighted by Crippen LogP contribution is 2.40. The number of nitrogens with zero attached hydrogens (tertiary/aromatic N) is 4. The van der Waals surface area contributed by atoms with Crippen LogP contribution in [0.1, 0.15) is 6.92 Å². The van der Waals surface area contributed by atoms with E-state index >= 15 is 0 Å². The van der Waals surface area contributed by atoms with Gasteiger partial charge in [-0.2, -0.15) is 0 Å². The van der Waals surface area contributed by atoms with Crippen LogP contribution in [0.4, 0.5) is 17.5 Å². The summed E-state index contributed by atoms with van der Waals surface area (Å²) in [5.41, 5.74) is 2.42. The van der Waals surface area contributed by atoms with Gasteiger partial charge in [0.05, 0.1) is 27.0 Å². The Balaban J connectivity index is 1.55. The number of methoxy groups -OCH3 is 3. The van der Waals surface area contributed by atoms with E-state index in [-0.39, 0.29) is 0 Å². The fourth-order valence-corrected chi connectivity index (χ4v) is 3.75. The van der Waals surface area contributed by atoms with E-state index in [1.54, 1.807) is 27.5 Å². The summed E-state index contributed by atoms with van der Waals surface area (Å²) in [5, 5.41) is 6.61. The van der Waals surface area contributed by atoms with Crippen LogP contribution in [0.3, 0.4) is 0 Å². The lowest BCUT2D eigenvalue weighted by atomic mass is 10.2.